The zero-order valence-electron chi connectivity index (χ0n) is 19.1. The first-order valence-corrected chi connectivity index (χ1v) is 10.9. The van der Waals surface area contributed by atoms with Crippen molar-refractivity contribution >= 4 is 40.7 Å². The quantitative estimate of drug-likeness (QED) is 0.296. The summed E-state index contributed by atoms with van der Waals surface area (Å²) >= 11 is 5.02. The number of aryl methyl sites for hydroxylation is 1. The lowest BCUT2D eigenvalue weighted by Gasteiger charge is -2.12. The molecule has 0 heterocycles. The molecule has 0 bridgehead atoms. The van der Waals surface area contributed by atoms with Gasteiger partial charge >= 0.3 is 0 Å². The largest absolute Gasteiger partial charge is 0.493 e. The Bertz CT molecular complexity index is 1230. The van der Waals surface area contributed by atoms with Crippen LogP contribution in [0.1, 0.15) is 26.3 Å². The third-order valence-corrected chi connectivity index (χ3v) is 4.86. The van der Waals surface area contributed by atoms with Gasteiger partial charge < -0.3 is 14.8 Å². The molecule has 9 nitrogen and oxygen atoms in total. The zero-order chi connectivity index (χ0) is 25.2. The molecule has 0 aliphatic heterocycles. The number of carbonyl (C=O) groups excluding carboxylic acids is 3. The number of hydrogen-bond donors (Lipinski definition) is 4. The molecule has 10 heteroatoms. The Morgan fingerprint density at radius 3 is 2.23 bits per heavy atom. The molecule has 3 rings (SSSR count). The predicted octanol–water partition coefficient (Wildman–Crippen LogP) is 2.97. The molecule has 0 spiro atoms. The normalized spacial score (nSPS) is 10.0. The molecule has 3 aromatic rings. The Morgan fingerprint density at radius 1 is 0.829 bits per heavy atom. The van der Waals surface area contributed by atoms with E-state index in [0.29, 0.717) is 28.3 Å². The van der Waals surface area contributed by atoms with Gasteiger partial charge in [0.15, 0.2) is 23.2 Å². The molecule has 0 aliphatic rings. The van der Waals surface area contributed by atoms with Gasteiger partial charge in [0.2, 0.25) is 0 Å². The number of methoxy groups -OCH3 is 1. The SMILES string of the molecule is COc1ccccc1OCC(=O)NC(=S)NNC(=O)c1ccc(NC(=O)c2cccc(C)c2)cc1. The molecule has 35 heavy (non-hydrogen) atoms. The fourth-order valence-corrected chi connectivity index (χ4v) is 3.12. The molecule has 0 saturated carbocycles. The Kier molecular flexibility index (Phi) is 8.74. The second-order valence-corrected chi connectivity index (χ2v) is 7.71. The average molecular weight is 493 g/mol. The number of benzene rings is 3. The monoisotopic (exact) mass is 492 g/mol. The number of amides is 3. The summed E-state index contributed by atoms with van der Waals surface area (Å²) in [5, 5.41) is 5.08. The number of hydrogen-bond acceptors (Lipinski definition) is 6. The first kappa shape index (κ1) is 25.2. The maximum absolute atomic E-state index is 12.3. The lowest BCUT2D eigenvalue weighted by Crippen LogP contribution is -2.49. The maximum Gasteiger partial charge on any atom is 0.269 e. The zero-order valence-corrected chi connectivity index (χ0v) is 19.9. The van der Waals surface area contributed by atoms with Crippen molar-refractivity contribution < 1.29 is 23.9 Å². The standard InChI is InChI=1S/C25H24N4O5S/c1-16-6-5-7-18(14-16)23(31)26-19-12-10-17(11-13-19)24(32)28-29-25(35)27-22(30)15-34-21-9-4-3-8-20(21)33-2/h3-14H,15H2,1-2H3,(H,26,31)(H,28,32)(H2,27,29,30,35). The number of rotatable bonds is 7. The van der Waals surface area contributed by atoms with Crippen LogP contribution in [0.4, 0.5) is 5.69 Å². The van der Waals surface area contributed by atoms with E-state index in [1.165, 1.54) is 7.11 Å². The van der Waals surface area contributed by atoms with Crippen LogP contribution in [0.5, 0.6) is 11.5 Å². The smallest absolute Gasteiger partial charge is 0.269 e. The molecule has 0 unspecified atom stereocenters. The summed E-state index contributed by atoms with van der Waals surface area (Å²) in [6, 6.07) is 20.5. The van der Waals surface area contributed by atoms with Crippen LogP contribution < -0.4 is 31.0 Å². The van der Waals surface area contributed by atoms with Crippen LogP contribution in [-0.4, -0.2) is 36.6 Å². The molecule has 3 amide bonds. The molecule has 0 aliphatic carbocycles. The van der Waals surface area contributed by atoms with Crippen LogP contribution in [0.2, 0.25) is 0 Å². The summed E-state index contributed by atoms with van der Waals surface area (Å²) in [5.74, 6) is -0.340. The molecular formula is C25H24N4O5S. The number of thiocarbonyl (C=S) groups is 1. The summed E-state index contributed by atoms with van der Waals surface area (Å²) < 4.78 is 10.6. The van der Waals surface area contributed by atoms with E-state index in [2.05, 4.69) is 21.5 Å². The summed E-state index contributed by atoms with van der Waals surface area (Å²) in [6.45, 7) is 1.61. The van der Waals surface area contributed by atoms with E-state index in [-0.39, 0.29) is 17.6 Å². The highest BCUT2D eigenvalue weighted by Crippen LogP contribution is 2.25. The number of anilines is 1. The molecular weight excluding hydrogens is 468 g/mol. The van der Waals surface area contributed by atoms with E-state index in [4.69, 9.17) is 21.7 Å². The highest BCUT2D eigenvalue weighted by atomic mass is 32.1. The highest BCUT2D eigenvalue weighted by Gasteiger charge is 2.11. The number of para-hydroxylation sites is 2. The second-order valence-electron chi connectivity index (χ2n) is 7.30. The Labute approximate surface area is 207 Å². The molecule has 0 aromatic heterocycles. The van der Waals surface area contributed by atoms with E-state index in [0.717, 1.165) is 5.56 Å². The first-order chi connectivity index (χ1) is 16.9. The van der Waals surface area contributed by atoms with Gasteiger partial charge in [-0.25, -0.2) is 0 Å². The van der Waals surface area contributed by atoms with Crippen molar-refractivity contribution in [2.24, 2.45) is 0 Å². The maximum atomic E-state index is 12.3. The summed E-state index contributed by atoms with van der Waals surface area (Å²) in [4.78, 5) is 36.7. The van der Waals surface area contributed by atoms with Gasteiger partial charge in [-0.05, 0) is 67.7 Å². The van der Waals surface area contributed by atoms with Crippen LogP contribution in [0.3, 0.4) is 0 Å². The molecule has 3 aromatic carbocycles. The Hall–Kier alpha value is -4.44. The van der Waals surface area contributed by atoms with Crippen molar-refractivity contribution in [1.82, 2.24) is 16.2 Å². The second kappa shape index (κ2) is 12.1. The van der Waals surface area contributed by atoms with Gasteiger partial charge in [-0.1, -0.05) is 29.8 Å². The molecule has 0 atom stereocenters. The van der Waals surface area contributed by atoms with Gasteiger partial charge in [-0.2, -0.15) is 0 Å². The van der Waals surface area contributed by atoms with Crippen molar-refractivity contribution in [3.8, 4) is 11.5 Å². The molecule has 0 radical (unpaired) electrons. The Morgan fingerprint density at radius 2 is 1.54 bits per heavy atom. The molecule has 0 saturated heterocycles. The van der Waals surface area contributed by atoms with Crippen molar-refractivity contribution in [2.45, 2.75) is 6.92 Å². The van der Waals surface area contributed by atoms with Gasteiger partial charge in [-0.15, -0.1) is 0 Å². The third kappa shape index (κ3) is 7.54. The van der Waals surface area contributed by atoms with Gasteiger partial charge in [0.25, 0.3) is 17.7 Å². The van der Waals surface area contributed by atoms with Crippen molar-refractivity contribution in [3.63, 3.8) is 0 Å². The summed E-state index contributed by atoms with van der Waals surface area (Å²) in [6.07, 6.45) is 0. The van der Waals surface area contributed by atoms with Crippen molar-refractivity contribution in [1.29, 1.82) is 0 Å². The molecule has 180 valence electrons. The van der Waals surface area contributed by atoms with Gasteiger partial charge in [0, 0.05) is 16.8 Å². The van der Waals surface area contributed by atoms with Gasteiger partial charge in [0.05, 0.1) is 7.11 Å². The Balaban J connectivity index is 1.43. The van der Waals surface area contributed by atoms with E-state index < -0.39 is 11.8 Å². The molecule has 0 fully saturated rings. The first-order valence-electron chi connectivity index (χ1n) is 10.5. The van der Waals surface area contributed by atoms with Crippen molar-refractivity contribution in [2.75, 3.05) is 19.0 Å². The van der Waals surface area contributed by atoms with Crippen LogP contribution in [0, 0.1) is 6.92 Å². The van der Waals surface area contributed by atoms with Crippen LogP contribution in [0.25, 0.3) is 0 Å². The van der Waals surface area contributed by atoms with Gasteiger partial charge in [-0.3, -0.25) is 30.6 Å². The lowest BCUT2D eigenvalue weighted by molar-refractivity contribution is -0.121. The highest BCUT2D eigenvalue weighted by molar-refractivity contribution is 7.80. The minimum Gasteiger partial charge on any atom is -0.493 e. The third-order valence-electron chi connectivity index (χ3n) is 4.66. The minimum atomic E-state index is -0.517. The van der Waals surface area contributed by atoms with E-state index >= 15 is 0 Å². The van der Waals surface area contributed by atoms with E-state index in [1.54, 1.807) is 60.7 Å². The van der Waals surface area contributed by atoms with Crippen LogP contribution in [0.15, 0.2) is 72.8 Å². The number of ether oxygens (including phenoxy) is 2. The fraction of sp³-hybridized carbons (Fsp3) is 0.120. The van der Waals surface area contributed by atoms with Crippen LogP contribution in [-0.2, 0) is 4.79 Å². The van der Waals surface area contributed by atoms with E-state index in [9.17, 15) is 14.4 Å². The van der Waals surface area contributed by atoms with Gasteiger partial charge in [0.1, 0.15) is 0 Å². The summed E-state index contributed by atoms with van der Waals surface area (Å²) in [5.41, 5.74) is 7.23. The topological polar surface area (TPSA) is 118 Å². The number of carbonyl (C=O) groups is 3. The average Bonchev–Trinajstić information content (AvgIpc) is 2.86. The lowest BCUT2D eigenvalue weighted by atomic mass is 10.1. The van der Waals surface area contributed by atoms with Crippen molar-refractivity contribution in [3.05, 3.63) is 89.5 Å². The molecule has 4 N–H and O–H groups in total. The van der Waals surface area contributed by atoms with Crippen LogP contribution >= 0.6 is 12.2 Å². The predicted molar refractivity (Wildman–Crippen MR) is 135 cm³/mol. The summed E-state index contributed by atoms with van der Waals surface area (Å²) in [7, 11) is 1.50. The van der Waals surface area contributed by atoms with E-state index in [1.807, 2.05) is 19.1 Å². The fourth-order valence-electron chi connectivity index (χ4n) is 2.96. The number of hydrazine groups is 1. The number of nitrogens with one attached hydrogen (secondary N) is 4. The minimum absolute atomic E-state index is 0.103.